The Kier molecular flexibility index (Phi) is 16.5. The number of unbranched alkanes of at least 4 members (excludes halogenated alkanes) is 10. The van der Waals surface area contributed by atoms with Crippen molar-refractivity contribution in [2.75, 3.05) is 20.3 Å². The van der Waals surface area contributed by atoms with Crippen LogP contribution in [-0.2, 0) is 11.3 Å². The number of hydrogen-bond donors (Lipinski definition) is 3. The smallest absolute Gasteiger partial charge is 0.220 e. The highest BCUT2D eigenvalue weighted by Gasteiger charge is 2.07. The van der Waals surface area contributed by atoms with E-state index in [0.29, 0.717) is 31.9 Å². The van der Waals surface area contributed by atoms with Crippen molar-refractivity contribution in [3.05, 3.63) is 23.8 Å². The molecule has 0 heterocycles. The molecule has 1 amide bonds. The number of nitrogens with zero attached hydrogens (tertiary/aromatic N) is 1. The number of carbonyl (C=O) groups is 1. The molecule has 0 bridgehead atoms. The lowest BCUT2D eigenvalue weighted by atomic mass is 10.1. The summed E-state index contributed by atoms with van der Waals surface area (Å²) in [6.07, 6.45) is 14.4. The molecule has 1 rings (SSSR count). The lowest BCUT2D eigenvalue weighted by Gasteiger charge is -2.13. The number of nitrogens with one attached hydrogen (secondary N) is 1. The molecule has 5 N–H and O–H groups in total. The molecule has 7 heteroatoms. The highest BCUT2D eigenvalue weighted by atomic mass is 16.5. The van der Waals surface area contributed by atoms with E-state index in [1.165, 1.54) is 38.5 Å². The summed E-state index contributed by atoms with van der Waals surface area (Å²) in [7, 11) is 1.64. The number of nitrogens with two attached hydrogens (primary N) is 2. The second-order valence-electron chi connectivity index (χ2n) is 8.56. The zero-order valence-electron chi connectivity index (χ0n) is 20.9. The Balaban J connectivity index is 2.20. The first kappa shape index (κ1) is 28.6. The minimum Gasteiger partial charge on any atom is -0.493 e. The van der Waals surface area contributed by atoms with Gasteiger partial charge in [-0.3, -0.25) is 9.79 Å². The molecule has 0 spiro atoms. The van der Waals surface area contributed by atoms with Gasteiger partial charge in [0.1, 0.15) is 0 Å². The summed E-state index contributed by atoms with van der Waals surface area (Å²) in [6, 6.07) is 5.86. The minimum absolute atomic E-state index is 0.112. The first-order valence-electron chi connectivity index (χ1n) is 12.7. The Morgan fingerprint density at radius 3 is 2.27 bits per heavy atom. The van der Waals surface area contributed by atoms with Crippen LogP contribution in [0, 0.1) is 0 Å². The molecular formula is C26H46N4O3. The summed E-state index contributed by atoms with van der Waals surface area (Å²) in [5.74, 6) is 1.74. The Bertz CT molecular complexity index is 676. The minimum atomic E-state index is 0.112. The molecule has 0 aliphatic heterocycles. The van der Waals surface area contributed by atoms with Crippen molar-refractivity contribution >= 4 is 11.9 Å². The number of methoxy groups -OCH3 is 1. The van der Waals surface area contributed by atoms with Gasteiger partial charge in [-0.05, 0) is 37.0 Å². The molecule has 0 aromatic heterocycles. The number of amides is 1. The second kappa shape index (κ2) is 19.1. The highest BCUT2D eigenvalue weighted by molar-refractivity contribution is 5.76. The van der Waals surface area contributed by atoms with E-state index in [2.05, 4.69) is 17.2 Å². The highest BCUT2D eigenvalue weighted by Crippen LogP contribution is 2.28. The van der Waals surface area contributed by atoms with Crippen molar-refractivity contribution in [3.63, 3.8) is 0 Å². The van der Waals surface area contributed by atoms with Crippen molar-refractivity contribution in [2.24, 2.45) is 16.5 Å². The SMILES string of the molecule is CCCCCCCCC(=O)NCc1ccc(OCCCCCCCCN=C(N)N)c(OC)c1. The van der Waals surface area contributed by atoms with Crippen molar-refractivity contribution in [1.29, 1.82) is 0 Å². The quantitative estimate of drug-likeness (QED) is 0.142. The van der Waals surface area contributed by atoms with Gasteiger partial charge in [0.2, 0.25) is 5.91 Å². The van der Waals surface area contributed by atoms with Gasteiger partial charge in [-0.1, -0.05) is 70.8 Å². The standard InChI is InChI=1S/C26H46N4O3/c1-3-4-5-6-9-12-15-25(31)30-21-22-16-17-23(24(20-22)32-2)33-19-14-11-8-7-10-13-18-29-26(27)28/h16-17,20H,3-15,18-19,21H2,1-2H3,(H,30,31)(H4,27,28,29). The molecule has 0 aliphatic carbocycles. The van der Waals surface area contributed by atoms with Crippen LogP contribution in [0.25, 0.3) is 0 Å². The first-order chi connectivity index (χ1) is 16.1. The monoisotopic (exact) mass is 462 g/mol. The first-order valence-corrected chi connectivity index (χ1v) is 12.7. The Labute approximate surface area is 200 Å². The maximum atomic E-state index is 12.1. The van der Waals surface area contributed by atoms with E-state index in [1.54, 1.807) is 7.11 Å². The fraction of sp³-hybridized carbons (Fsp3) is 0.692. The van der Waals surface area contributed by atoms with Gasteiger partial charge in [-0.2, -0.15) is 0 Å². The van der Waals surface area contributed by atoms with Gasteiger partial charge in [0, 0.05) is 19.5 Å². The third-order valence-electron chi connectivity index (χ3n) is 5.58. The van der Waals surface area contributed by atoms with Crippen molar-refractivity contribution < 1.29 is 14.3 Å². The molecule has 33 heavy (non-hydrogen) atoms. The van der Waals surface area contributed by atoms with Gasteiger partial charge in [-0.15, -0.1) is 0 Å². The number of ether oxygens (including phenoxy) is 2. The average Bonchev–Trinajstić information content (AvgIpc) is 2.81. The van der Waals surface area contributed by atoms with Crippen LogP contribution in [0.15, 0.2) is 23.2 Å². The molecule has 7 nitrogen and oxygen atoms in total. The zero-order valence-corrected chi connectivity index (χ0v) is 20.9. The molecule has 188 valence electrons. The Morgan fingerprint density at radius 2 is 1.58 bits per heavy atom. The van der Waals surface area contributed by atoms with Gasteiger partial charge in [0.25, 0.3) is 0 Å². The zero-order chi connectivity index (χ0) is 24.2. The predicted molar refractivity (Wildman–Crippen MR) is 137 cm³/mol. The van der Waals surface area contributed by atoms with Crippen LogP contribution in [0.2, 0.25) is 0 Å². The summed E-state index contributed by atoms with van der Waals surface area (Å²) in [5, 5.41) is 3.01. The normalized spacial score (nSPS) is 10.6. The Hall–Kier alpha value is -2.44. The van der Waals surface area contributed by atoms with Crippen molar-refractivity contribution in [1.82, 2.24) is 5.32 Å². The molecule has 0 saturated heterocycles. The van der Waals surface area contributed by atoms with E-state index in [-0.39, 0.29) is 11.9 Å². The van der Waals surface area contributed by atoms with Gasteiger partial charge in [-0.25, -0.2) is 0 Å². The summed E-state index contributed by atoms with van der Waals surface area (Å²) in [6.45, 7) is 4.10. The fourth-order valence-electron chi connectivity index (χ4n) is 3.61. The average molecular weight is 463 g/mol. The van der Waals surface area contributed by atoms with Crippen LogP contribution in [0.1, 0.15) is 96.0 Å². The number of carbonyl (C=O) groups excluding carboxylic acids is 1. The molecule has 0 saturated carbocycles. The molecule has 0 atom stereocenters. The van der Waals surface area contributed by atoms with E-state index in [0.717, 1.165) is 49.8 Å². The van der Waals surface area contributed by atoms with Gasteiger partial charge >= 0.3 is 0 Å². The third-order valence-corrected chi connectivity index (χ3v) is 5.58. The largest absolute Gasteiger partial charge is 0.493 e. The lowest BCUT2D eigenvalue weighted by Crippen LogP contribution is -2.22. The van der Waals surface area contributed by atoms with Crippen LogP contribution in [0.5, 0.6) is 11.5 Å². The number of aliphatic imine (C=N–C) groups is 1. The lowest BCUT2D eigenvalue weighted by molar-refractivity contribution is -0.121. The molecule has 1 aromatic carbocycles. The summed E-state index contributed by atoms with van der Waals surface area (Å²) in [4.78, 5) is 16.1. The van der Waals surface area contributed by atoms with Crippen LogP contribution < -0.4 is 26.3 Å². The van der Waals surface area contributed by atoms with E-state index in [1.807, 2.05) is 18.2 Å². The van der Waals surface area contributed by atoms with Gasteiger partial charge in [0.05, 0.1) is 13.7 Å². The molecule has 0 aliphatic rings. The van der Waals surface area contributed by atoms with E-state index in [4.69, 9.17) is 20.9 Å². The van der Waals surface area contributed by atoms with Crippen LogP contribution in [0.4, 0.5) is 0 Å². The van der Waals surface area contributed by atoms with Crippen LogP contribution >= 0.6 is 0 Å². The van der Waals surface area contributed by atoms with Crippen LogP contribution in [0.3, 0.4) is 0 Å². The fourth-order valence-corrected chi connectivity index (χ4v) is 3.61. The summed E-state index contributed by atoms with van der Waals surface area (Å²) in [5.41, 5.74) is 11.6. The maximum absolute atomic E-state index is 12.1. The van der Waals surface area contributed by atoms with Gasteiger partial charge in [0.15, 0.2) is 17.5 Å². The number of rotatable bonds is 20. The van der Waals surface area contributed by atoms with E-state index >= 15 is 0 Å². The number of hydrogen-bond acceptors (Lipinski definition) is 4. The Morgan fingerprint density at radius 1 is 0.909 bits per heavy atom. The summed E-state index contributed by atoms with van der Waals surface area (Å²) >= 11 is 0. The second-order valence-corrected chi connectivity index (χ2v) is 8.56. The summed E-state index contributed by atoms with van der Waals surface area (Å²) < 4.78 is 11.4. The maximum Gasteiger partial charge on any atom is 0.220 e. The molecule has 0 fully saturated rings. The van der Waals surface area contributed by atoms with Crippen molar-refractivity contribution in [2.45, 2.75) is 96.9 Å². The molecular weight excluding hydrogens is 416 g/mol. The van der Waals surface area contributed by atoms with E-state index in [9.17, 15) is 4.79 Å². The van der Waals surface area contributed by atoms with Gasteiger partial charge < -0.3 is 26.3 Å². The molecule has 1 aromatic rings. The van der Waals surface area contributed by atoms with Crippen molar-refractivity contribution in [3.8, 4) is 11.5 Å². The number of guanidine groups is 1. The van der Waals surface area contributed by atoms with Crippen LogP contribution in [-0.4, -0.2) is 32.1 Å². The molecule has 0 radical (unpaired) electrons. The predicted octanol–water partition coefficient (Wildman–Crippen LogP) is 5.05. The molecule has 0 unspecified atom stereocenters. The third kappa shape index (κ3) is 15.1. The number of benzene rings is 1. The topological polar surface area (TPSA) is 112 Å². The van der Waals surface area contributed by atoms with E-state index < -0.39 is 0 Å².